The third-order valence-corrected chi connectivity index (χ3v) is 5.42. The van der Waals surface area contributed by atoms with Crippen LogP contribution < -0.4 is 15.4 Å². The van der Waals surface area contributed by atoms with Gasteiger partial charge in [-0.1, -0.05) is 35.9 Å². The van der Waals surface area contributed by atoms with Crippen molar-refractivity contribution < 1.29 is 13.9 Å². The van der Waals surface area contributed by atoms with E-state index in [1.807, 2.05) is 55.5 Å². The fourth-order valence-electron chi connectivity index (χ4n) is 3.50. The third-order valence-electron chi connectivity index (χ3n) is 5.42. The minimum Gasteiger partial charge on any atom is -0.493 e. The Morgan fingerprint density at radius 3 is 2.76 bits per heavy atom. The third kappa shape index (κ3) is 5.71. The lowest BCUT2D eigenvalue weighted by Crippen LogP contribution is -2.45. The van der Waals surface area contributed by atoms with Crippen molar-refractivity contribution in [2.24, 2.45) is 4.99 Å². The average Bonchev–Trinajstić information content (AvgIpc) is 3.30. The van der Waals surface area contributed by atoms with Crippen molar-refractivity contribution in [3.8, 4) is 17.2 Å². The first kappa shape index (κ1) is 22.4. The number of amides is 1. The van der Waals surface area contributed by atoms with Crippen LogP contribution in [0.1, 0.15) is 29.3 Å². The molecule has 2 aromatic carbocycles. The number of hydrogen-bond acceptors (Lipinski definition) is 5. The van der Waals surface area contributed by atoms with Gasteiger partial charge >= 0.3 is 0 Å². The molecule has 1 aliphatic heterocycles. The van der Waals surface area contributed by atoms with Crippen molar-refractivity contribution in [3.63, 3.8) is 0 Å². The molecule has 0 fully saturated rings. The van der Waals surface area contributed by atoms with Crippen LogP contribution in [-0.4, -0.2) is 49.0 Å². The van der Waals surface area contributed by atoms with E-state index in [-0.39, 0.29) is 18.5 Å². The Kier molecular flexibility index (Phi) is 6.92. The van der Waals surface area contributed by atoms with Crippen molar-refractivity contribution >= 4 is 11.9 Å². The number of rotatable bonds is 6. The predicted molar refractivity (Wildman–Crippen MR) is 127 cm³/mol. The smallest absolute Gasteiger partial charge is 0.241 e. The van der Waals surface area contributed by atoms with E-state index in [2.05, 4.69) is 20.6 Å². The number of aryl methyl sites for hydroxylation is 1. The summed E-state index contributed by atoms with van der Waals surface area (Å²) in [7, 11) is 3.45. The molecule has 0 aliphatic carbocycles. The molecule has 0 saturated carbocycles. The zero-order valence-electron chi connectivity index (χ0n) is 19.2. The Bertz CT molecular complexity index is 1120. The van der Waals surface area contributed by atoms with Crippen LogP contribution in [0.3, 0.4) is 0 Å². The Balaban J connectivity index is 1.50. The first-order valence-electron chi connectivity index (χ1n) is 11.0. The average molecular weight is 448 g/mol. The summed E-state index contributed by atoms with van der Waals surface area (Å²) in [5.74, 6) is 1.92. The summed E-state index contributed by atoms with van der Waals surface area (Å²) < 4.78 is 11.4. The Morgan fingerprint density at radius 1 is 1.18 bits per heavy atom. The van der Waals surface area contributed by atoms with Crippen molar-refractivity contribution in [2.75, 3.05) is 27.2 Å². The molecule has 1 unspecified atom stereocenters. The summed E-state index contributed by atoms with van der Waals surface area (Å²) in [5.41, 5.74) is 3.87. The Labute approximate surface area is 193 Å². The van der Waals surface area contributed by atoms with Crippen LogP contribution in [0.25, 0.3) is 11.5 Å². The van der Waals surface area contributed by atoms with Gasteiger partial charge in [-0.25, -0.2) is 9.98 Å². The van der Waals surface area contributed by atoms with Gasteiger partial charge in [0.2, 0.25) is 11.8 Å². The zero-order valence-corrected chi connectivity index (χ0v) is 19.2. The molecule has 0 spiro atoms. The van der Waals surface area contributed by atoms with Crippen LogP contribution >= 0.6 is 0 Å². The second-order valence-corrected chi connectivity index (χ2v) is 8.19. The molecule has 0 saturated heterocycles. The van der Waals surface area contributed by atoms with Crippen LogP contribution in [0.15, 0.2) is 64.2 Å². The number of carbonyl (C=O) groups excluding carboxylic acids is 1. The van der Waals surface area contributed by atoms with Crippen LogP contribution in [0.5, 0.6) is 5.75 Å². The molecule has 1 amide bonds. The minimum absolute atomic E-state index is 0.0242. The van der Waals surface area contributed by atoms with Gasteiger partial charge in [0.15, 0.2) is 5.96 Å². The summed E-state index contributed by atoms with van der Waals surface area (Å²) in [5, 5.41) is 6.59. The monoisotopic (exact) mass is 447 g/mol. The molecule has 2 heterocycles. The molecule has 8 nitrogen and oxygen atoms in total. The summed E-state index contributed by atoms with van der Waals surface area (Å²) in [6.07, 6.45) is 2.41. The molecule has 1 aliphatic rings. The molecular formula is C25H29N5O3. The van der Waals surface area contributed by atoms with Crippen LogP contribution in [0, 0.1) is 6.92 Å². The summed E-state index contributed by atoms with van der Waals surface area (Å²) in [4.78, 5) is 22.9. The molecule has 0 radical (unpaired) electrons. The minimum atomic E-state index is -0.0417. The number of ether oxygens (including phenoxy) is 1. The number of nitrogens with zero attached hydrogens (tertiary/aromatic N) is 3. The van der Waals surface area contributed by atoms with Gasteiger partial charge in [-0.2, -0.15) is 0 Å². The normalized spacial score (nSPS) is 15.4. The highest BCUT2D eigenvalue weighted by Gasteiger charge is 2.22. The number of para-hydroxylation sites is 1. The van der Waals surface area contributed by atoms with Crippen molar-refractivity contribution in [1.82, 2.24) is 20.5 Å². The number of benzene rings is 2. The number of aliphatic imine (C=N–C) groups is 1. The number of likely N-dealkylation sites (N-methyl/N-ethyl adjacent to an activating group) is 1. The molecule has 33 heavy (non-hydrogen) atoms. The number of carbonyl (C=O) groups is 1. The van der Waals surface area contributed by atoms with E-state index in [9.17, 15) is 4.79 Å². The number of oxazole rings is 1. The van der Waals surface area contributed by atoms with E-state index in [1.54, 1.807) is 25.3 Å². The number of aromatic nitrogens is 1. The molecule has 2 N–H and O–H groups in total. The highest BCUT2D eigenvalue weighted by Crippen LogP contribution is 2.31. The maximum atomic E-state index is 12.1. The number of nitrogens with one attached hydrogen (secondary N) is 2. The first-order chi connectivity index (χ1) is 16.0. The predicted octanol–water partition coefficient (Wildman–Crippen LogP) is 3.30. The van der Waals surface area contributed by atoms with Crippen molar-refractivity contribution in [1.29, 1.82) is 0 Å². The van der Waals surface area contributed by atoms with E-state index in [1.165, 1.54) is 5.56 Å². The molecule has 0 bridgehead atoms. The standard InChI is InChI=1S/C25H29N5O3/c1-17-8-10-18(11-9-17)24-28-19(16-33-24)14-26-25(27-15-23(31)30(2)3)29-21-12-13-32-22-7-5-4-6-20(21)22/h4-11,16,21H,12-15H2,1-3H3,(H2,26,27,29). The number of guanidine groups is 1. The number of hydrogen-bond donors (Lipinski definition) is 2. The topological polar surface area (TPSA) is 92.0 Å². The molecular weight excluding hydrogens is 418 g/mol. The van der Waals surface area contributed by atoms with E-state index in [4.69, 9.17) is 9.15 Å². The first-order valence-corrected chi connectivity index (χ1v) is 11.0. The van der Waals surface area contributed by atoms with Gasteiger partial charge in [-0.3, -0.25) is 4.79 Å². The zero-order chi connectivity index (χ0) is 23.2. The molecule has 3 aromatic rings. The second-order valence-electron chi connectivity index (χ2n) is 8.19. The molecule has 1 atom stereocenters. The van der Waals surface area contributed by atoms with Gasteiger partial charge in [0.25, 0.3) is 0 Å². The van der Waals surface area contributed by atoms with Gasteiger partial charge in [0.05, 0.1) is 25.7 Å². The van der Waals surface area contributed by atoms with Gasteiger partial charge in [0.1, 0.15) is 17.7 Å². The largest absolute Gasteiger partial charge is 0.493 e. The second kappa shape index (κ2) is 10.2. The van der Waals surface area contributed by atoms with Gasteiger partial charge in [0, 0.05) is 31.6 Å². The van der Waals surface area contributed by atoms with Crippen molar-refractivity contribution in [2.45, 2.75) is 25.9 Å². The lowest BCUT2D eigenvalue weighted by molar-refractivity contribution is -0.127. The Hall–Kier alpha value is -3.81. The lowest BCUT2D eigenvalue weighted by atomic mass is 10.0. The highest BCUT2D eigenvalue weighted by molar-refractivity contribution is 5.86. The summed E-state index contributed by atoms with van der Waals surface area (Å²) in [6, 6.07) is 16.0. The highest BCUT2D eigenvalue weighted by atomic mass is 16.5. The van der Waals surface area contributed by atoms with E-state index in [0.717, 1.165) is 23.3 Å². The van der Waals surface area contributed by atoms with E-state index >= 15 is 0 Å². The number of fused-ring (bicyclic) bond motifs is 1. The van der Waals surface area contributed by atoms with Crippen LogP contribution in [0.4, 0.5) is 0 Å². The van der Waals surface area contributed by atoms with Gasteiger partial charge in [-0.15, -0.1) is 0 Å². The van der Waals surface area contributed by atoms with Gasteiger partial charge in [-0.05, 0) is 25.1 Å². The fraction of sp³-hybridized carbons (Fsp3) is 0.320. The van der Waals surface area contributed by atoms with E-state index in [0.29, 0.717) is 30.7 Å². The molecule has 4 rings (SSSR count). The quantitative estimate of drug-likeness (QED) is 0.445. The van der Waals surface area contributed by atoms with Crippen LogP contribution in [-0.2, 0) is 11.3 Å². The van der Waals surface area contributed by atoms with E-state index < -0.39 is 0 Å². The Morgan fingerprint density at radius 2 is 1.97 bits per heavy atom. The maximum Gasteiger partial charge on any atom is 0.241 e. The summed E-state index contributed by atoms with van der Waals surface area (Å²) >= 11 is 0. The SMILES string of the molecule is Cc1ccc(-c2nc(CN=C(NCC(=O)N(C)C)NC3CCOc4ccccc43)co2)cc1. The maximum absolute atomic E-state index is 12.1. The molecule has 8 heteroatoms. The molecule has 1 aromatic heterocycles. The van der Waals surface area contributed by atoms with Crippen LogP contribution in [0.2, 0.25) is 0 Å². The van der Waals surface area contributed by atoms with Gasteiger partial charge < -0.3 is 24.7 Å². The fourth-order valence-corrected chi connectivity index (χ4v) is 3.50. The summed E-state index contributed by atoms with van der Waals surface area (Å²) in [6.45, 7) is 3.10. The van der Waals surface area contributed by atoms with Crippen molar-refractivity contribution in [3.05, 3.63) is 71.6 Å². The molecule has 172 valence electrons. The lowest BCUT2D eigenvalue weighted by Gasteiger charge is -2.28.